The van der Waals surface area contributed by atoms with E-state index in [1.807, 2.05) is 33.8 Å². The van der Waals surface area contributed by atoms with Crippen molar-refractivity contribution in [3.05, 3.63) is 29.3 Å². The van der Waals surface area contributed by atoms with Crippen LogP contribution in [0.4, 0.5) is 10.5 Å². The minimum atomic E-state index is -0.489. The van der Waals surface area contributed by atoms with Gasteiger partial charge in [-0.25, -0.2) is 4.79 Å². The van der Waals surface area contributed by atoms with Crippen LogP contribution in [0, 0.1) is 12.3 Å². The Morgan fingerprint density at radius 3 is 2.52 bits per heavy atom. The third kappa shape index (κ3) is 4.46. The molecular formula is C17H26N2O2. The van der Waals surface area contributed by atoms with Crippen LogP contribution >= 0.6 is 0 Å². The van der Waals surface area contributed by atoms with Crippen LogP contribution in [0.3, 0.4) is 0 Å². The highest BCUT2D eigenvalue weighted by Gasteiger charge is 2.40. The lowest BCUT2D eigenvalue weighted by atomic mass is 9.95. The van der Waals surface area contributed by atoms with Gasteiger partial charge in [0.15, 0.2) is 0 Å². The first-order valence-electron chi connectivity index (χ1n) is 7.53. The standard InChI is InChI=1S/C17H26N2O2/c1-12-9-13(10-17(11-18)7-8-17)5-6-14(12)19-15(20)21-16(2,3)4/h5-6,9H,7-8,10-11,18H2,1-4H3,(H,19,20). The highest BCUT2D eigenvalue weighted by Crippen LogP contribution is 2.47. The largest absolute Gasteiger partial charge is 0.444 e. The first-order valence-corrected chi connectivity index (χ1v) is 7.53. The fourth-order valence-electron chi connectivity index (χ4n) is 2.45. The Morgan fingerprint density at radius 2 is 2.05 bits per heavy atom. The third-order valence-electron chi connectivity index (χ3n) is 3.90. The van der Waals surface area contributed by atoms with Crippen LogP contribution in [0.25, 0.3) is 0 Å². The summed E-state index contributed by atoms with van der Waals surface area (Å²) in [6, 6.07) is 6.14. The van der Waals surface area contributed by atoms with Gasteiger partial charge in [0.2, 0.25) is 0 Å². The molecule has 1 saturated carbocycles. The summed E-state index contributed by atoms with van der Waals surface area (Å²) in [7, 11) is 0. The van der Waals surface area contributed by atoms with Crippen LogP contribution in [0.2, 0.25) is 0 Å². The number of aryl methyl sites for hydroxylation is 1. The minimum absolute atomic E-state index is 0.326. The lowest BCUT2D eigenvalue weighted by Crippen LogP contribution is -2.27. The number of benzene rings is 1. The van der Waals surface area contributed by atoms with Crippen molar-refractivity contribution in [2.45, 2.75) is 52.6 Å². The summed E-state index contributed by atoms with van der Waals surface area (Å²) < 4.78 is 5.27. The average Bonchev–Trinajstić information content (AvgIpc) is 3.11. The van der Waals surface area contributed by atoms with Gasteiger partial charge in [0.25, 0.3) is 0 Å². The summed E-state index contributed by atoms with van der Waals surface area (Å²) in [5.41, 5.74) is 8.80. The van der Waals surface area contributed by atoms with E-state index in [1.54, 1.807) is 0 Å². The molecule has 116 valence electrons. The molecule has 21 heavy (non-hydrogen) atoms. The van der Waals surface area contributed by atoms with Crippen LogP contribution < -0.4 is 11.1 Å². The molecule has 0 saturated heterocycles. The maximum atomic E-state index is 11.8. The maximum Gasteiger partial charge on any atom is 0.412 e. The first kappa shape index (κ1) is 15.8. The molecule has 0 aromatic heterocycles. The van der Waals surface area contributed by atoms with Crippen LogP contribution in [-0.4, -0.2) is 18.2 Å². The molecule has 0 heterocycles. The van der Waals surface area contributed by atoms with E-state index in [0.717, 1.165) is 24.2 Å². The van der Waals surface area contributed by atoms with Crippen LogP contribution in [0.1, 0.15) is 44.7 Å². The second-order valence-corrected chi connectivity index (χ2v) is 7.16. The van der Waals surface area contributed by atoms with Crippen molar-refractivity contribution in [1.29, 1.82) is 0 Å². The zero-order valence-corrected chi connectivity index (χ0v) is 13.5. The Kier molecular flexibility index (Phi) is 4.28. The number of amides is 1. The van der Waals surface area contributed by atoms with Gasteiger partial charge in [0.1, 0.15) is 5.60 Å². The number of carbonyl (C=O) groups is 1. The summed E-state index contributed by atoms with van der Waals surface area (Å²) in [5.74, 6) is 0. The number of carbonyl (C=O) groups excluding carboxylic acids is 1. The summed E-state index contributed by atoms with van der Waals surface area (Å²) in [4.78, 5) is 11.8. The SMILES string of the molecule is Cc1cc(CC2(CN)CC2)ccc1NC(=O)OC(C)(C)C. The molecule has 1 amide bonds. The molecule has 1 fully saturated rings. The lowest BCUT2D eigenvalue weighted by Gasteiger charge is -2.20. The molecule has 1 aromatic carbocycles. The molecule has 0 radical (unpaired) electrons. The number of rotatable bonds is 4. The first-order chi connectivity index (χ1) is 9.73. The Labute approximate surface area is 127 Å². The Bertz CT molecular complexity index is 528. The Balaban J connectivity index is 2.01. The third-order valence-corrected chi connectivity index (χ3v) is 3.90. The molecule has 0 bridgehead atoms. The summed E-state index contributed by atoms with van der Waals surface area (Å²) in [5, 5.41) is 2.80. The molecular weight excluding hydrogens is 264 g/mol. The normalized spacial score (nSPS) is 16.4. The van der Waals surface area contributed by atoms with Gasteiger partial charge in [-0.3, -0.25) is 5.32 Å². The maximum absolute atomic E-state index is 11.8. The molecule has 4 nitrogen and oxygen atoms in total. The topological polar surface area (TPSA) is 64.3 Å². The van der Waals surface area contributed by atoms with Gasteiger partial charge in [0, 0.05) is 5.69 Å². The second-order valence-electron chi connectivity index (χ2n) is 7.16. The predicted octanol–water partition coefficient (Wildman–Crippen LogP) is 3.62. The van der Waals surface area contributed by atoms with E-state index in [9.17, 15) is 4.79 Å². The smallest absolute Gasteiger partial charge is 0.412 e. The van der Waals surface area contributed by atoms with Crippen LogP contribution in [0.15, 0.2) is 18.2 Å². The second kappa shape index (κ2) is 5.68. The number of anilines is 1. The van der Waals surface area contributed by atoms with E-state index in [2.05, 4.69) is 17.4 Å². The number of hydrogen-bond acceptors (Lipinski definition) is 3. The van der Waals surface area contributed by atoms with E-state index in [1.165, 1.54) is 18.4 Å². The molecule has 0 atom stereocenters. The number of hydrogen-bond donors (Lipinski definition) is 2. The van der Waals surface area contributed by atoms with Gasteiger partial charge in [-0.05, 0) is 76.1 Å². The highest BCUT2D eigenvalue weighted by atomic mass is 16.6. The highest BCUT2D eigenvalue weighted by molar-refractivity contribution is 5.85. The van der Waals surface area contributed by atoms with Crippen molar-refractivity contribution < 1.29 is 9.53 Å². The molecule has 4 heteroatoms. The van der Waals surface area contributed by atoms with Crippen molar-refractivity contribution in [2.24, 2.45) is 11.1 Å². The fraction of sp³-hybridized carbons (Fsp3) is 0.588. The zero-order valence-electron chi connectivity index (χ0n) is 13.5. The summed E-state index contributed by atoms with van der Waals surface area (Å²) in [6.45, 7) is 8.31. The summed E-state index contributed by atoms with van der Waals surface area (Å²) >= 11 is 0. The molecule has 1 aliphatic rings. The van der Waals surface area contributed by atoms with Crippen molar-refractivity contribution in [1.82, 2.24) is 0 Å². The number of ether oxygens (including phenoxy) is 1. The molecule has 0 unspecified atom stereocenters. The molecule has 1 aliphatic carbocycles. The van der Waals surface area contributed by atoms with Crippen molar-refractivity contribution in [3.63, 3.8) is 0 Å². The van der Waals surface area contributed by atoms with E-state index >= 15 is 0 Å². The van der Waals surface area contributed by atoms with Gasteiger partial charge in [-0.15, -0.1) is 0 Å². The van der Waals surface area contributed by atoms with Crippen molar-refractivity contribution in [2.75, 3.05) is 11.9 Å². The van der Waals surface area contributed by atoms with Gasteiger partial charge < -0.3 is 10.5 Å². The number of nitrogens with one attached hydrogen (secondary N) is 1. The van der Waals surface area contributed by atoms with E-state index in [0.29, 0.717) is 5.41 Å². The lowest BCUT2D eigenvalue weighted by molar-refractivity contribution is 0.0636. The van der Waals surface area contributed by atoms with E-state index < -0.39 is 11.7 Å². The zero-order chi connectivity index (χ0) is 15.7. The Morgan fingerprint density at radius 1 is 1.38 bits per heavy atom. The quantitative estimate of drug-likeness (QED) is 0.890. The molecule has 1 aromatic rings. The van der Waals surface area contributed by atoms with Gasteiger partial charge >= 0.3 is 6.09 Å². The van der Waals surface area contributed by atoms with Crippen LogP contribution in [0.5, 0.6) is 0 Å². The molecule has 3 N–H and O–H groups in total. The predicted molar refractivity (Wildman–Crippen MR) is 85.5 cm³/mol. The van der Waals surface area contributed by atoms with Crippen LogP contribution in [-0.2, 0) is 11.2 Å². The van der Waals surface area contributed by atoms with Crippen molar-refractivity contribution in [3.8, 4) is 0 Å². The van der Waals surface area contributed by atoms with Crippen molar-refractivity contribution >= 4 is 11.8 Å². The van der Waals surface area contributed by atoms with Gasteiger partial charge in [-0.2, -0.15) is 0 Å². The monoisotopic (exact) mass is 290 g/mol. The van der Waals surface area contributed by atoms with Gasteiger partial charge in [0.05, 0.1) is 0 Å². The average molecular weight is 290 g/mol. The molecule has 0 aliphatic heterocycles. The fourth-order valence-corrected chi connectivity index (χ4v) is 2.45. The van der Waals surface area contributed by atoms with Gasteiger partial charge in [-0.1, -0.05) is 12.1 Å². The Hall–Kier alpha value is -1.55. The van der Waals surface area contributed by atoms with E-state index in [4.69, 9.17) is 10.5 Å². The minimum Gasteiger partial charge on any atom is -0.444 e. The van der Waals surface area contributed by atoms with E-state index in [-0.39, 0.29) is 0 Å². The summed E-state index contributed by atoms with van der Waals surface area (Å²) in [6.07, 6.45) is 3.05. The number of nitrogens with two attached hydrogens (primary N) is 1. The molecule has 0 spiro atoms. The molecule has 2 rings (SSSR count).